The Morgan fingerprint density at radius 1 is 1.11 bits per heavy atom. The molecule has 96 valence electrons. The number of nitrogens with zero attached hydrogens (tertiary/aromatic N) is 3. The van der Waals surface area contributed by atoms with E-state index in [2.05, 4.69) is 30.6 Å². The van der Waals surface area contributed by atoms with Crippen molar-refractivity contribution in [2.75, 3.05) is 17.7 Å². The Bertz CT molecular complexity index is 718. The fourth-order valence-electron chi connectivity index (χ4n) is 1.93. The van der Waals surface area contributed by atoms with Crippen molar-refractivity contribution in [3.63, 3.8) is 0 Å². The first-order chi connectivity index (χ1) is 9.24. The summed E-state index contributed by atoms with van der Waals surface area (Å²) in [6, 6.07) is 7.81. The number of hydrogen-bond acceptors (Lipinski definition) is 5. The molecule has 3 N–H and O–H groups in total. The SMILES string of the molecule is CNc1cc(Nc2ccc3nc(C)[nH]c3c2)ncn1. The fraction of sp³-hybridized carbons (Fsp3) is 0.154. The number of aromatic nitrogens is 4. The van der Waals surface area contributed by atoms with Gasteiger partial charge in [0.25, 0.3) is 0 Å². The molecule has 2 heterocycles. The molecule has 6 nitrogen and oxygen atoms in total. The summed E-state index contributed by atoms with van der Waals surface area (Å²) in [6.07, 6.45) is 1.52. The topological polar surface area (TPSA) is 78.5 Å². The van der Waals surface area contributed by atoms with Crippen LogP contribution in [0.15, 0.2) is 30.6 Å². The summed E-state index contributed by atoms with van der Waals surface area (Å²) in [4.78, 5) is 15.8. The Balaban J connectivity index is 1.91. The number of aromatic amines is 1. The highest BCUT2D eigenvalue weighted by atomic mass is 15.1. The summed E-state index contributed by atoms with van der Waals surface area (Å²) in [5, 5.41) is 6.22. The lowest BCUT2D eigenvalue weighted by Gasteiger charge is -2.06. The van der Waals surface area contributed by atoms with E-state index in [0.717, 1.165) is 34.2 Å². The van der Waals surface area contributed by atoms with Crippen LogP contribution >= 0.6 is 0 Å². The van der Waals surface area contributed by atoms with Crippen molar-refractivity contribution in [2.45, 2.75) is 6.92 Å². The van der Waals surface area contributed by atoms with Gasteiger partial charge in [0, 0.05) is 18.8 Å². The predicted octanol–water partition coefficient (Wildman–Crippen LogP) is 2.45. The fourth-order valence-corrected chi connectivity index (χ4v) is 1.93. The van der Waals surface area contributed by atoms with Gasteiger partial charge in [0.2, 0.25) is 0 Å². The van der Waals surface area contributed by atoms with Gasteiger partial charge in [0.05, 0.1) is 11.0 Å². The van der Waals surface area contributed by atoms with Crippen molar-refractivity contribution in [2.24, 2.45) is 0 Å². The number of rotatable bonds is 3. The van der Waals surface area contributed by atoms with Crippen molar-refractivity contribution in [3.05, 3.63) is 36.4 Å². The van der Waals surface area contributed by atoms with Crippen LogP contribution in [0.4, 0.5) is 17.3 Å². The molecular weight excluding hydrogens is 240 g/mol. The summed E-state index contributed by atoms with van der Waals surface area (Å²) in [7, 11) is 1.82. The summed E-state index contributed by atoms with van der Waals surface area (Å²) in [6.45, 7) is 1.94. The molecule has 0 aliphatic carbocycles. The van der Waals surface area contributed by atoms with Crippen LogP contribution in [-0.2, 0) is 0 Å². The third-order valence-corrected chi connectivity index (χ3v) is 2.80. The van der Waals surface area contributed by atoms with Crippen LogP contribution in [0.1, 0.15) is 5.82 Å². The second-order valence-corrected chi connectivity index (χ2v) is 4.22. The number of nitrogens with one attached hydrogen (secondary N) is 3. The molecule has 0 amide bonds. The van der Waals surface area contributed by atoms with Crippen molar-refractivity contribution < 1.29 is 0 Å². The zero-order chi connectivity index (χ0) is 13.2. The van der Waals surface area contributed by atoms with Crippen molar-refractivity contribution in [1.82, 2.24) is 19.9 Å². The van der Waals surface area contributed by atoms with Gasteiger partial charge in [-0.25, -0.2) is 15.0 Å². The van der Waals surface area contributed by atoms with Gasteiger partial charge in [0.1, 0.15) is 23.8 Å². The highest BCUT2D eigenvalue weighted by molar-refractivity contribution is 5.80. The lowest BCUT2D eigenvalue weighted by molar-refractivity contribution is 1.16. The summed E-state index contributed by atoms with van der Waals surface area (Å²) in [5.74, 6) is 2.43. The molecule has 0 saturated carbocycles. The molecule has 0 atom stereocenters. The number of aryl methyl sites for hydroxylation is 1. The maximum absolute atomic E-state index is 4.37. The van der Waals surface area contributed by atoms with E-state index in [1.807, 2.05) is 38.2 Å². The van der Waals surface area contributed by atoms with Gasteiger partial charge in [-0.1, -0.05) is 0 Å². The van der Waals surface area contributed by atoms with E-state index in [4.69, 9.17) is 0 Å². The second kappa shape index (κ2) is 4.56. The van der Waals surface area contributed by atoms with Gasteiger partial charge in [-0.2, -0.15) is 0 Å². The van der Waals surface area contributed by atoms with Gasteiger partial charge < -0.3 is 15.6 Å². The molecule has 3 rings (SSSR count). The molecule has 0 saturated heterocycles. The first kappa shape index (κ1) is 11.5. The molecule has 0 aliphatic rings. The van der Waals surface area contributed by atoms with Crippen LogP contribution in [-0.4, -0.2) is 27.0 Å². The highest BCUT2D eigenvalue weighted by Gasteiger charge is 2.02. The zero-order valence-electron chi connectivity index (χ0n) is 10.7. The Morgan fingerprint density at radius 2 is 1.95 bits per heavy atom. The zero-order valence-corrected chi connectivity index (χ0v) is 10.7. The Labute approximate surface area is 110 Å². The lowest BCUT2D eigenvalue weighted by Crippen LogP contribution is -1.97. The average molecular weight is 254 g/mol. The van der Waals surface area contributed by atoms with E-state index in [0.29, 0.717) is 0 Å². The Hall–Kier alpha value is -2.63. The molecule has 19 heavy (non-hydrogen) atoms. The van der Waals surface area contributed by atoms with Crippen LogP contribution in [0.2, 0.25) is 0 Å². The van der Waals surface area contributed by atoms with E-state index in [1.165, 1.54) is 6.33 Å². The highest BCUT2D eigenvalue weighted by Crippen LogP contribution is 2.20. The van der Waals surface area contributed by atoms with Gasteiger partial charge in [-0.3, -0.25) is 0 Å². The third-order valence-electron chi connectivity index (χ3n) is 2.80. The van der Waals surface area contributed by atoms with Gasteiger partial charge in [-0.15, -0.1) is 0 Å². The monoisotopic (exact) mass is 254 g/mol. The number of benzene rings is 1. The van der Waals surface area contributed by atoms with E-state index in [1.54, 1.807) is 0 Å². The molecule has 0 unspecified atom stereocenters. The number of imidazole rings is 1. The largest absolute Gasteiger partial charge is 0.373 e. The van der Waals surface area contributed by atoms with Crippen molar-refractivity contribution in [3.8, 4) is 0 Å². The standard InChI is InChI=1S/C13H14N6/c1-8-17-10-4-3-9(5-11(10)18-8)19-13-6-12(14-2)15-7-16-13/h3-7H,1-2H3,(H,17,18)(H2,14,15,16,19). The van der Waals surface area contributed by atoms with Gasteiger partial charge >= 0.3 is 0 Å². The minimum absolute atomic E-state index is 0.745. The first-order valence-corrected chi connectivity index (χ1v) is 5.98. The Kier molecular flexibility index (Phi) is 2.75. The normalized spacial score (nSPS) is 10.6. The smallest absolute Gasteiger partial charge is 0.135 e. The van der Waals surface area contributed by atoms with Crippen LogP contribution in [0.3, 0.4) is 0 Å². The minimum Gasteiger partial charge on any atom is -0.373 e. The molecular formula is C13H14N6. The van der Waals surface area contributed by atoms with E-state index >= 15 is 0 Å². The number of anilines is 3. The number of fused-ring (bicyclic) bond motifs is 1. The molecule has 0 radical (unpaired) electrons. The molecule has 0 bridgehead atoms. The van der Waals surface area contributed by atoms with Gasteiger partial charge in [0.15, 0.2) is 0 Å². The molecule has 6 heteroatoms. The maximum Gasteiger partial charge on any atom is 0.135 e. The van der Waals surface area contributed by atoms with Crippen molar-refractivity contribution >= 4 is 28.4 Å². The molecule has 2 aromatic heterocycles. The summed E-state index contributed by atoms with van der Waals surface area (Å²) >= 11 is 0. The van der Waals surface area contributed by atoms with Crippen LogP contribution in [0.25, 0.3) is 11.0 Å². The average Bonchev–Trinajstić information content (AvgIpc) is 2.78. The predicted molar refractivity (Wildman–Crippen MR) is 75.7 cm³/mol. The van der Waals surface area contributed by atoms with Crippen molar-refractivity contribution in [1.29, 1.82) is 0 Å². The quantitative estimate of drug-likeness (QED) is 0.669. The summed E-state index contributed by atoms with van der Waals surface area (Å²) < 4.78 is 0. The first-order valence-electron chi connectivity index (χ1n) is 5.98. The van der Waals surface area contributed by atoms with Gasteiger partial charge in [-0.05, 0) is 25.1 Å². The molecule has 0 spiro atoms. The maximum atomic E-state index is 4.37. The summed E-state index contributed by atoms with van der Waals surface area (Å²) in [5.41, 5.74) is 2.92. The van der Waals surface area contributed by atoms with Crippen LogP contribution < -0.4 is 10.6 Å². The Morgan fingerprint density at radius 3 is 2.79 bits per heavy atom. The minimum atomic E-state index is 0.745. The molecule has 0 fully saturated rings. The van der Waals surface area contributed by atoms with Crippen LogP contribution in [0, 0.1) is 6.92 Å². The van der Waals surface area contributed by atoms with E-state index in [-0.39, 0.29) is 0 Å². The molecule has 1 aromatic carbocycles. The van der Waals surface area contributed by atoms with Crippen LogP contribution in [0.5, 0.6) is 0 Å². The van der Waals surface area contributed by atoms with E-state index < -0.39 is 0 Å². The number of hydrogen-bond donors (Lipinski definition) is 3. The number of H-pyrrole nitrogens is 1. The lowest BCUT2D eigenvalue weighted by atomic mass is 10.3. The third kappa shape index (κ3) is 2.33. The molecule has 0 aliphatic heterocycles. The van der Waals surface area contributed by atoms with E-state index in [9.17, 15) is 0 Å². The molecule has 3 aromatic rings. The second-order valence-electron chi connectivity index (χ2n) is 4.22.